The van der Waals surface area contributed by atoms with Crippen LogP contribution in [0.1, 0.15) is 43.7 Å². The highest BCUT2D eigenvalue weighted by molar-refractivity contribution is 7.91. The zero-order valence-electron chi connectivity index (χ0n) is 15.3. The number of rotatable bonds is 5. The third kappa shape index (κ3) is 4.24. The number of anilines is 1. The summed E-state index contributed by atoms with van der Waals surface area (Å²) >= 11 is -1.56. The van der Waals surface area contributed by atoms with E-state index in [0.29, 0.717) is 35.9 Å². The number of piperidine rings is 1. The molecular weight excluding hydrogens is 352 g/mol. The summed E-state index contributed by atoms with van der Waals surface area (Å²) in [7, 11) is 0. The number of likely N-dealkylation sites (tertiary alicyclic amines) is 1. The zero-order chi connectivity index (χ0) is 18.7. The number of hydrogen-bond donors (Lipinski definition) is 2. The van der Waals surface area contributed by atoms with E-state index < -0.39 is 11.5 Å². The minimum atomic E-state index is -1.56. The number of nitrogens with zero attached hydrogens (tertiary/aromatic N) is 2. The molecular formula is C18H26N4O3S. The van der Waals surface area contributed by atoms with E-state index in [2.05, 4.69) is 9.12 Å². The molecule has 2 aliphatic heterocycles. The lowest BCUT2D eigenvalue weighted by Gasteiger charge is -2.33. The van der Waals surface area contributed by atoms with Gasteiger partial charge in [0, 0.05) is 25.4 Å². The normalized spacial score (nSPS) is 22.3. The van der Waals surface area contributed by atoms with E-state index in [1.54, 1.807) is 0 Å². The molecule has 0 saturated carbocycles. The predicted molar refractivity (Wildman–Crippen MR) is 103 cm³/mol. The fraction of sp³-hybridized carbons (Fsp3) is 0.556. The predicted octanol–water partition coefficient (Wildman–Crippen LogP) is 2.12. The van der Waals surface area contributed by atoms with E-state index in [1.807, 2.05) is 30.9 Å². The Morgan fingerprint density at radius 1 is 1.54 bits per heavy atom. The second-order valence-corrected chi connectivity index (χ2v) is 7.81. The Morgan fingerprint density at radius 2 is 2.35 bits per heavy atom. The summed E-state index contributed by atoms with van der Waals surface area (Å²) in [5.74, 6) is 1.38. The van der Waals surface area contributed by atoms with E-state index in [1.165, 1.54) is 0 Å². The van der Waals surface area contributed by atoms with Crippen LogP contribution in [0, 0.1) is 12.8 Å². The van der Waals surface area contributed by atoms with Gasteiger partial charge in [-0.05, 0) is 48.3 Å². The van der Waals surface area contributed by atoms with Crippen LogP contribution in [0.4, 0.5) is 5.69 Å². The van der Waals surface area contributed by atoms with Crippen LogP contribution in [0.25, 0.3) is 0 Å². The quantitative estimate of drug-likeness (QED) is 0.764. The second kappa shape index (κ2) is 8.18. The van der Waals surface area contributed by atoms with Crippen molar-refractivity contribution in [2.45, 2.75) is 39.5 Å². The summed E-state index contributed by atoms with van der Waals surface area (Å²) in [6, 6.07) is 3.80. The first-order valence-electron chi connectivity index (χ1n) is 9.06. The Balaban J connectivity index is 1.69. The van der Waals surface area contributed by atoms with Crippen LogP contribution in [0.2, 0.25) is 0 Å². The molecule has 142 valence electrons. The van der Waals surface area contributed by atoms with Crippen LogP contribution in [0.5, 0.6) is 5.75 Å². The number of amides is 1. The van der Waals surface area contributed by atoms with Gasteiger partial charge in [-0.25, -0.2) is 0 Å². The number of carbonyl (C=O) groups is 1. The van der Waals surface area contributed by atoms with Gasteiger partial charge in [0.05, 0.1) is 17.9 Å². The number of fused-ring (bicyclic) bond motifs is 1. The van der Waals surface area contributed by atoms with Crippen molar-refractivity contribution in [3.05, 3.63) is 23.3 Å². The molecule has 2 heterocycles. The van der Waals surface area contributed by atoms with Crippen LogP contribution in [-0.2, 0) is 16.3 Å². The van der Waals surface area contributed by atoms with Gasteiger partial charge in [0.25, 0.3) is 0 Å². The molecule has 3 N–H and O–H groups in total. The topological polar surface area (TPSA) is 103 Å². The Kier molecular flexibility index (Phi) is 5.93. The molecule has 2 aliphatic rings. The van der Waals surface area contributed by atoms with Gasteiger partial charge >= 0.3 is 0 Å². The Labute approximate surface area is 157 Å². The van der Waals surface area contributed by atoms with Gasteiger partial charge in [0.1, 0.15) is 5.75 Å². The Hall–Kier alpha value is -1.93. The molecule has 2 atom stereocenters. The standard InChI is InChI=1S/C18H26N4O3S/c1-3-5-16(23)22-7-4-6-13(10-22)11-25-15-9-12(2)8-14-17(15)18(19)21-26(24)20-14/h8-9,13,20H,3-7,10-11H2,1-2H3,(H2,19,21)/t13-,26?/m0/s1. The molecule has 0 aromatic heterocycles. The smallest absolute Gasteiger partial charge is 0.222 e. The van der Waals surface area contributed by atoms with E-state index in [9.17, 15) is 9.35 Å². The third-order valence-corrected chi connectivity index (χ3v) is 5.45. The fourth-order valence-electron chi connectivity index (χ4n) is 3.47. The van der Waals surface area contributed by atoms with Gasteiger partial charge in [0.2, 0.25) is 17.5 Å². The lowest BCUT2D eigenvalue weighted by molar-refractivity contribution is -0.133. The average molecular weight is 378 g/mol. The maximum absolute atomic E-state index is 12.1. The van der Waals surface area contributed by atoms with Gasteiger partial charge in [-0.3, -0.25) is 4.79 Å². The lowest BCUT2D eigenvalue weighted by Crippen LogP contribution is -2.41. The largest absolute Gasteiger partial charge is 0.566 e. The molecule has 3 rings (SSSR count). The minimum absolute atomic E-state index is 0.218. The highest BCUT2D eigenvalue weighted by atomic mass is 32.2. The fourth-order valence-corrected chi connectivity index (χ4v) is 4.14. The van der Waals surface area contributed by atoms with Crippen molar-refractivity contribution >= 4 is 29.0 Å². The van der Waals surface area contributed by atoms with Crippen LogP contribution in [-0.4, -0.2) is 40.9 Å². The van der Waals surface area contributed by atoms with Crippen molar-refractivity contribution in [2.75, 3.05) is 24.4 Å². The van der Waals surface area contributed by atoms with E-state index in [4.69, 9.17) is 10.5 Å². The molecule has 1 fully saturated rings. The molecule has 1 saturated heterocycles. The van der Waals surface area contributed by atoms with Crippen molar-refractivity contribution in [2.24, 2.45) is 16.0 Å². The van der Waals surface area contributed by atoms with Crippen LogP contribution >= 0.6 is 0 Å². The number of amidine groups is 1. The van der Waals surface area contributed by atoms with E-state index >= 15 is 0 Å². The van der Waals surface area contributed by atoms with Gasteiger partial charge < -0.3 is 19.9 Å². The van der Waals surface area contributed by atoms with Crippen molar-refractivity contribution in [3.63, 3.8) is 0 Å². The number of ether oxygens (including phenoxy) is 1. The number of aryl methyl sites for hydroxylation is 1. The minimum Gasteiger partial charge on any atom is -0.566 e. The zero-order valence-corrected chi connectivity index (χ0v) is 16.1. The van der Waals surface area contributed by atoms with E-state index in [0.717, 1.165) is 37.9 Å². The van der Waals surface area contributed by atoms with Crippen LogP contribution in [0.3, 0.4) is 0 Å². The molecule has 0 radical (unpaired) electrons. The van der Waals surface area contributed by atoms with Crippen LogP contribution in [0.15, 0.2) is 16.5 Å². The highest BCUT2D eigenvalue weighted by Crippen LogP contribution is 2.33. The second-order valence-electron chi connectivity index (χ2n) is 6.92. The molecule has 1 unspecified atom stereocenters. The summed E-state index contributed by atoms with van der Waals surface area (Å²) in [6.45, 7) is 6.06. The average Bonchev–Trinajstić information content (AvgIpc) is 2.59. The first-order chi connectivity index (χ1) is 12.5. The molecule has 8 heteroatoms. The number of benzene rings is 1. The molecule has 26 heavy (non-hydrogen) atoms. The molecule has 0 spiro atoms. The number of nitrogens with one attached hydrogen (secondary N) is 1. The summed E-state index contributed by atoms with van der Waals surface area (Å²) in [6.07, 6.45) is 3.52. The molecule has 0 bridgehead atoms. The highest BCUT2D eigenvalue weighted by Gasteiger charge is 2.27. The van der Waals surface area contributed by atoms with Crippen molar-refractivity contribution in [1.29, 1.82) is 0 Å². The van der Waals surface area contributed by atoms with Gasteiger partial charge in [-0.1, -0.05) is 6.92 Å². The first-order valence-corrected chi connectivity index (χ1v) is 10.2. The molecule has 7 nitrogen and oxygen atoms in total. The van der Waals surface area contributed by atoms with Crippen molar-refractivity contribution < 1.29 is 14.1 Å². The van der Waals surface area contributed by atoms with Crippen molar-refractivity contribution in [3.8, 4) is 5.75 Å². The Bertz CT molecular complexity index is 710. The maximum Gasteiger partial charge on any atom is 0.222 e. The number of hydrogen-bond acceptors (Lipinski definition) is 6. The van der Waals surface area contributed by atoms with Crippen molar-refractivity contribution in [1.82, 2.24) is 4.90 Å². The van der Waals surface area contributed by atoms with Gasteiger partial charge in [-0.15, -0.1) is 0 Å². The first kappa shape index (κ1) is 18.8. The molecule has 0 aliphatic carbocycles. The summed E-state index contributed by atoms with van der Waals surface area (Å²) in [4.78, 5) is 14.1. The van der Waals surface area contributed by atoms with Gasteiger partial charge in [-0.2, -0.15) is 4.72 Å². The summed E-state index contributed by atoms with van der Waals surface area (Å²) in [5.41, 5.74) is 8.30. The Morgan fingerprint density at radius 3 is 3.12 bits per heavy atom. The monoisotopic (exact) mass is 378 g/mol. The van der Waals surface area contributed by atoms with Gasteiger partial charge in [0.15, 0.2) is 5.84 Å². The van der Waals surface area contributed by atoms with Crippen LogP contribution < -0.4 is 15.2 Å². The number of carbonyl (C=O) groups excluding carboxylic acids is 1. The molecule has 1 aromatic carbocycles. The maximum atomic E-state index is 12.1. The SMILES string of the molecule is CCCC(=O)N1CCC[C@H](COc2cc(C)cc3c2C(N)=N[S+]([O-])N3)C1. The lowest BCUT2D eigenvalue weighted by atomic mass is 9.98. The summed E-state index contributed by atoms with van der Waals surface area (Å²) < 4.78 is 24.5. The number of nitrogens with two attached hydrogens (primary N) is 1. The van der Waals surface area contributed by atoms with E-state index in [-0.39, 0.29) is 11.7 Å². The molecule has 1 amide bonds. The molecule has 1 aromatic rings. The summed E-state index contributed by atoms with van der Waals surface area (Å²) in [5, 5.41) is 0. The third-order valence-electron chi connectivity index (χ3n) is 4.69.